The molecule has 11 nitrogen and oxygen atoms in total. The number of carbonyl (C=O) groups is 2. The number of nitrogens with one attached hydrogen (secondary N) is 1. The van der Waals surface area contributed by atoms with Crippen LogP contribution in [0.1, 0.15) is 5.69 Å². The van der Waals surface area contributed by atoms with E-state index >= 15 is 0 Å². The third-order valence-electron chi connectivity index (χ3n) is 2.69. The molecule has 1 aliphatic heterocycles. The Balaban J connectivity index is 0.00000288. The van der Waals surface area contributed by atoms with E-state index in [0.717, 1.165) is 11.3 Å². The van der Waals surface area contributed by atoms with Crippen LogP contribution in [0, 0.1) is 0 Å². The molecule has 0 aromatic carbocycles. The quantitative estimate of drug-likeness (QED) is 0.162. The first kappa shape index (κ1) is 21.1. The van der Waals surface area contributed by atoms with Crippen LogP contribution < -0.4 is 40.6 Å². The number of anilines is 1. The van der Waals surface area contributed by atoms with Crippen LogP contribution in [0.2, 0.25) is 4.34 Å². The molecule has 0 radical (unpaired) electrons. The van der Waals surface area contributed by atoms with Crippen molar-refractivity contribution in [2.75, 3.05) is 19.4 Å². The number of oxime groups is 1. The maximum atomic E-state index is 12.1. The van der Waals surface area contributed by atoms with Crippen LogP contribution in [0.15, 0.2) is 5.16 Å². The Bertz CT molecular complexity index is 796. The van der Waals surface area contributed by atoms with E-state index in [-0.39, 0.29) is 54.7 Å². The number of nitrogen functional groups attached to an aromatic ring is 1. The Kier molecular flexibility index (Phi) is 6.98. The second-order valence-corrected chi connectivity index (χ2v) is 7.08. The van der Waals surface area contributed by atoms with E-state index in [1.165, 1.54) is 7.11 Å². The van der Waals surface area contributed by atoms with Crippen LogP contribution in [-0.4, -0.2) is 59.5 Å². The molecule has 1 unspecified atom stereocenters. The van der Waals surface area contributed by atoms with Gasteiger partial charge in [-0.25, -0.2) is 17.7 Å². The van der Waals surface area contributed by atoms with E-state index in [2.05, 4.69) is 20.3 Å². The molecule has 15 heteroatoms. The molecule has 2 amide bonds. The molecule has 1 atom stereocenters. The number of rotatable bonds is 5. The molecule has 3 N–H and O–H groups in total. The number of nitrogens with zero attached hydrogens (tertiary/aromatic N) is 3. The molecule has 0 spiro atoms. The zero-order valence-electron chi connectivity index (χ0n) is 12.3. The van der Waals surface area contributed by atoms with Gasteiger partial charge >= 0.3 is 29.6 Å². The molecule has 1 aromatic heterocycles. The maximum absolute atomic E-state index is 12.1. The Morgan fingerprint density at radius 2 is 2.25 bits per heavy atom. The molecule has 0 bridgehead atoms. The Morgan fingerprint density at radius 3 is 2.67 bits per heavy atom. The number of hydrogen-bond acceptors (Lipinski definition) is 10. The van der Waals surface area contributed by atoms with Gasteiger partial charge in [0.2, 0.25) is 0 Å². The number of thiazole rings is 1. The first-order chi connectivity index (χ1) is 10.6. The maximum Gasteiger partial charge on any atom is 1.00 e. The van der Waals surface area contributed by atoms with Crippen LogP contribution in [-0.2, 0) is 24.7 Å². The van der Waals surface area contributed by atoms with Gasteiger partial charge in [0.15, 0.2) is 21.1 Å². The Morgan fingerprint density at radius 1 is 1.62 bits per heavy atom. The van der Waals surface area contributed by atoms with E-state index in [0.29, 0.717) is 0 Å². The smallest absolute Gasteiger partial charge is 0.731 e. The molecule has 24 heavy (non-hydrogen) atoms. The van der Waals surface area contributed by atoms with Crippen LogP contribution >= 0.6 is 22.9 Å². The van der Waals surface area contributed by atoms with Gasteiger partial charge < -0.3 is 20.4 Å². The summed E-state index contributed by atoms with van der Waals surface area (Å²) in [4.78, 5) is 32.0. The summed E-state index contributed by atoms with van der Waals surface area (Å²) in [6, 6.07) is -1.18. The third-order valence-corrected chi connectivity index (χ3v) is 4.64. The molecule has 2 heterocycles. The molecule has 2 rings (SSSR count). The number of carbonyl (C=O) groups excluding carboxylic acids is 2. The molecule has 1 aromatic rings. The predicted molar refractivity (Wildman–Crippen MR) is 78.4 cm³/mol. The molecule has 1 aliphatic rings. The van der Waals surface area contributed by atoms with Gasteiger partial charge in [-0.3, -0.25) is 9.59 Å². The number of hydrogen-bond donors (Lipinski definition) is 2. The van der Waals surface area contributed by atoms with Gasteiger partial charge in [-0.1, -0.05) is 28.1 Å². The van der Waals surface area contributed by atoms with Gasteiger partial charge in [-0.15, -0.1) is 0 Å². The van der Waals surface area contributed by atoms with E-state index in [9.17, 15) is 22.6 Å². The SMILES string of the molecule is CON=C(C(=O)NC1CN(S(=O)(=O)[O-])C1=O)c1nc(N)sc1Cl.[Na+]. The van der Waals surface area contributed by atoms with Crippen molar-refractivity contribution in [3.05, 3.63) is 10.0 Å². The van der Waals surface area contributed by atoms with Crippen molar-refractivity contribution in [3.63, 3.8) is 0 Å². The van der Waals surface area contributed by atoms with Crippen LogP contribution in [0.4, 0.5) is 5.13 Å². The van der Waals surface area contributed by atoms with Crippen LogP contribution in [0.25, 0.3) is 0 Å². The molecule has 1 saturated heterocycles. The topological polar surface area (TPSA) is 167 Å². The van der Waals surface area contributed by atoms with Crippen LogP contribution in [0.3, 0.4) is 0 Å². The minimum Gasteiger partial charge on any atom is -0.731 e. The second-order valence-electron chi connectivity index (χ2n) is 4.15. The number of halogens is 1. The summed E-state index contributed by atoms with van der Waals surface area (Å²) in [5, 5.41) is 5.77. The van der Waals surface area contributed by atoms with Gasteiger partial charge in [-0.05, 0) is 0 Å². The zero-order valence-corrected chi connectivity index (χ0v) is 16.7. The summed E-state index contributed by atoms with van der Waals surface area (Å²) in [6.45, 7) is -0.469. The Labute approximate surface area is 167 Å². The second kappa shape index (κ2) is 7.95. The summed E-state index contributed by atoms with van der Waals surface area (Å²) in [6.07, 6.45) is 0. The summed E-state index contributed by atoms with van der Waals surface area (Å²) >= 11 is 6.78. The van der Waals surface area contributed by atoms with Gasteiger partial charge in [-0.2, -0.15) is 0 Å². The number of β-lactam (4-membered cyclic amide) rings is 1. The van der Waals surface area contributed by atoms with Gasteiger partial charge in [0.1, 0.15) is 23.2 Å². The minimum absolute atomic E-state index is 0. The molecule has 126 valence electrons. The summed E-state index contributed by atoms with van der Waals surface area (Å²) in [7, 11) is -3.71. The van der Waals surface area contributed by atoms with Gasteiger partial charge in [0, 0.05) is 0 Å². The summed E-state index contributed by atoms with van der Waals surface area (Å²) in [5.74, 6) is -1.94. The molecular weight excluding hydrogens is 397 g/mol. The first-order valence-corrected chi connectivity index (χ1v) is 8.32. The average Bonchev–Trinajstić information content (AvgIpc) is 2.76. The van der Waals surface area contributed by atoms with Crippen molar-refractivity contribution in [2.24, 2.45) is 5.16 Å². The normalized spacial score (nSPS) is 17.8. The van der Waals surface area contributed by atoms with Gasteiger partial charge in [0.05, 0.1) is 6.54 Å². The Hall–Kier alpha value is -0.960. The fourth-order valence-corrected chi connectivity index (χ4v) is 3.29. The molecule has 0 aliphatic carbocycles. The van der Waals surface area contributed by atoms with E-state index in [1.54, 1.807) is 0 Å². The number of nitrogens with two attached hydrogens (primary N) is 1. The van der Waals surface area contributed by atoms with E-state index < -0.39 is 34.7 Å². The fraction of sp³-hybridized carbons (Fsp3) is 0.333. The van der Waals surface area contributed by atoms with Crippen molar-refractivity contribution in [3.8, 4) is 0 Å². The number of amides is 2. The summed E-state index contributed by atoms with van der Waals surface area (Å²) < 4.78 is 32.3. The zero-order chi connectivity index (χ0) is 17.4. The molecular formula is C9H9ClN5NaO6S2. The monoisotopic (exact) mass is 405 g/mol. The standard InChI is InChI=1S/C9H10ClN5O6S2.Na/c1-21-14-5(4-6(10)22-9(11)13-4)7(16)12-3-2-15(8(3)17)23(18,19)20;/h3H,2H2,1H3,(H2,11,13)(H,12,16)(H,18,19,20);/q;+1/p-1. The van der Waals surface area contributed by atoms with Crippen molar-refractivity contribution in [2.45, 2.75) is 6.04 Å². The van der Waals surface area contributed by atoms with Crippen molar-refractivity contribution in [1.29, 1.82) is 0 Å². The fourth-order valence-electron chi connectivity index (χ4n) is 1.68. The van der Waals surface area contributed by atoms with E-state index in [4.69, 9.17) is 17.3 Å². The van der Waals surface area contributed by atoms with Gasteiger partial charge in [0.25, 0.3) is 11.8 Å². The third kappa shape index (κ3) is 4.36. The largest absolute Gasteiger partial charge is 1.00 e. The molecule has 1 fully saturated rings. The first-order valence-electron chi connectivity index (χ1n) is 5.76. The average molecular weight is 406 g/mol. The predicted octanol–water partition coefficient (Wildman–Crippen LogP) is -4.48. The van der Waals surface area contributed by atoms with E-state index in [1.807, 2.05) is 0 Å². The van der Waals surface area contributed by atoms with Crippen molar-refractivity contribution < 1.29 is 57.0 Å². The summed E-state index contributed by atoms with van der Waals surface area (Å²) in [5.41, 5.74) is 5.08. The number of aromatic nitrogens is 1. The molecule has 0 saturated carbocycles. The van der Waals surface area contributed by atoms with Crippen molar-refractivity contribution >= 4 is 55.9 Å². The van der Waals surface area contributed by atoms with Crippen LogP contribution in [0.5, 0.6) is 0 Å². The minimum atomic E-state index is -4.89. The van der Waals surface area contributed by atoms with Crippen molar-refractivity contribution in [1.82, 2.24) is 14.6 Å².